The lowest BCUT2D eigenvalue weighted by molar-refractivity contribution is -0.120. The van der Waals surface area contributed by atoms with Crippen LogP contribution in [0.5, 0.6) is 5.75 Å². The van der Waals surface area contributed by atoms with Gasteiger partial charge in [-0.1, -0.05) is 60.2 Å². The van der Waals surface area contributed by atoms with Crippen molar-refractivity contribution in [1.29, 1.82) is 0 Å². The molecule has 0 spiro atoms. The molecule has 142 valence electrons. The Labute approximate surface area is 170 Å². The van der Waals surface area contributed by atoms with Crippen molar-refractivity contribution in [1.82, 2.24) is 0 Å². The highest BCUT2D eigenvalue weighted by Crippen LogP contribution is 2.35. The standard InChI is InChI=1S/C26H21NO2/c1-20-7-13-24(14-8-20)27(23-5-3-2-4-6-23)25-15-9-21(10-16-25)22-11-17-26(18-12-22)29-19-28/h2-19H,1H3. The van der Waals surface area contributed by atoms with Crippen LogP contribution in [-0.2, 0) is 4.79 Å². The molecule has 0 saturated carbocycles. The maximum Gasteiger partial charge on any atom is 0.298 e. The van der Waals surface area contributed by atoms with E-state index in [1.54, 1.807) is 12.1 Å². The molecule has 0 unspecified atom stereocenters. The third kappa shape index (κ3) is 4.19. The summed E-state index contributed by atoms with van der Waals surface area (Å²) in [5.41, 5.74) is 6.72. The van der Waals surface area contributed by atoms with Gasteiger partial charge in [0.1, 0.15) is 5.75 Å². The van der Waals surface area contributed by atoms with Crippen LogP contribution in [0.3, 0.4) is 0 Å². The molecule has 0 aromatic heterocycles. The van der Waals surface area contributed by atoms with E-state index in [1.165, 1.54) is 5.56 Å². The Morgan fingerprint density at radius 3 is 1.66 bits per heavy atom. The predicted octanol–water partition coefficient (Wildman–Crippen LogP) is 6.67. The van der Waals surface area contributed by atoms with Gasteiger partial charge in [-0.25, -0.2) is 0 Å². The van der Waals surface area contributed by atoms with Crippen LogP contribution >= 0.6 is 0 Å². The van der Waals surface area contributed by atoms with Crippen molar-refractivity contribution >= 4 is 23.5 Å². The number of aryl methyl sites for hydroxylation is 1. The molecule has 4 aromatic rings. The monoisotopic (exact) mass is 379 g/mol. The van der Waals surface area contributed by atoms with Gasteiger partial charge >= 0.3 is 0 Å². The number of hydrogen-bond donors (Lipinski definition) is 0. The van der Waals surface area contributed by atoms with Crippen LogP contribution in [0.2, 0.25) is 0 Å². The molecule has 3 nitrogen and oxygen atoms in total. The number of anilines is 3. The molecule has 0 fully saturated rings. The van der Waals surface area contributed by atoms with E-state index in [1.807, 2.05) is 30.3 Å². The minimum absolute atomic E-state index is 0.438. The molecule has 0 bridgehead atoms. The summed E-state index contributed by atoms with van der Waals surface area (Å²) < 4.78 is 4.87. The van der Waals surface area contributed by atoms with E-state index in [2.05, 4.69) is 72.5 Å². The van der Waals surface area contributed by atoms with Gasteiger partial charge in [0, 0.05) is 17.1 Å². The molecular weight excluding hydrogens is 358 g/mol. The zero-order valence-corrected chi connectivity index (χ0v) is 16.2. The quantitative estimate of drug-likeness (QED) is 0.351. The fourth-order valence-electron chi connectivity index (χ4n) is 3.30. The van der Waals surface area contributed by atoms with E-state index >= 15 is 0 Å². The maximum atomic E-state index is 10.5. The van der Waals surface area contributed by atoms with Crippen LogP contribution in [0.4, 0.5) is 17.1 Å². The number of rotatable bonds is 6. The topological polar surface area (TPSA) is 29.5 Å². The number of carbonyl (C=O) groups excluding carboxylic acids is 1. The highest BCUT2D eigenvalue weighted by atomic mass is 16.5. The molecule has 0 saturated heterocycles. The first-order valence-electron chi connectivity index (χ1n) is 9.47. The van der Waals surface area contributed by atoms with Crippen molar-refractivity contribution in [2.24, 2.45) is 0 Å². The van der Waals surface area contributed by atoms with Crippen molar-refractivity contribution in [2.75, 3.05) is 4.90 Å². The second kappa shape index (κ2) is 8.44. The van der Waals surface area contributed by atoms with Gasteiger partial charge in [-0.15, -0.1) is 0 Å². The summed E-state index contributed by atoms with van der Waals surface area (Å²) in [4.78, 5) is 12.7. The van der Waals surface area contributed by atoms with E-state index in [9.17, 15) is 4.79 Å². The fraction of sp³-hybridized carbons (Fsp3) is 0.0385. The zero-order chi connectivity index (χ0) is 20.1. The molecule has 0 aliphatic carbocycles. The molecule has 0 N–H and O–H groups in total. The van der Waals surface area contributed by atoms with Crippen molar-refractivity contribution in [3.05, 3.63) is 109 Å². The van der Waals surface area contributed by atoms with Gasteiger partial charge in [-0.2, -0.15) is 0 Å². The Balaban J connectivity index is 1.68. The molecule has 0 aliphatic rings. The lowest BCUT2D eigenvalue weighted by atomic mass is 10.0. The highest BCUT2D eigenvalue weighted by molar-refractivity contribution is 5.78. The number of nitrogens with zero attached hydrogens (tertiary/aromatic N) is 1. The summed E-state index contributed by atoms with van der Waals surface area (Å²) in [6.07, 6.45) is 0. The Hall–Kier alpha value is -3.85. The van der Waals surface area contributed by atoms with Gasteiger partial charge in [0.05, 0.1) is 0 Å². The van der Waals surface area contributed by atoms with Gasteiger partial charge in [0.2, 0.25) is 0 Å². The van der Waals surface area contributed by atoms with Crippen LogP contribution < -0.4 is 9.64 Å². The third-order valence-electron chi connectivity index (χ3n) is 4.80. The average molecular weight is 379 g/mol. The molecule has 29 heavy (non-hydrogen) atoms. The first-order chi connectivity index (χ1) is 14.2. The molecule has 4 rings (SSSR count). The molecule has 0 amide bonds. The minimum Gasteiger partial charge on any atom is -0.429 e. The number of hydrogen-bond acceptors (Lipinski definition) is 3. The summed E-state index contributed by atoms with van der Waals surface area (Å²) in [5.74, 6) is 0.537. The normalized spacial score (nSPS) is 10.4. The van der Waals surface area contributed by atoms with Crippen LogP contribution in [0, 0.1) is 6.92 Å². The SMILES string of the molecule is Cc1ccc(N(c2ccccc2)c2ccc(-c3ccc(OC=O)cc3)cc2)cc1. The average Bonchev–Trinajstić information content (AvgIpc) is 2.77. The Morgan fingerprint density at radius 2 is 1.10 bits per heavy atom. The smallest absolute Gasteiger partial charge is 0.298 e. The molecule has 0 radical (unpaired) electrons. The second-order valence-corrected chi connectivity index (χ2v) is 6.79. The van der Waals surface area contributed by atoms with Crippen molar-refractivity contribution in [2.45, 2.75) is 6.92 Å². The summed E-state index contributed by atoms with van der Waals surface area (Å²) in [6, 6.07) is 34.8. The number of benzene rings is 4. The number of para-hydroxylation sites is 1. The number of carbonyl (C=O) groups is 1. The molecule has 0 atom stereocenters. The van der Waals surface area contributed by atoms with Gasteiger partial charge in [-0.05, 0) is 66.6 Å². The summed E-state index contributed by atoms with van der Waals surface area (Å²) in [5, 5.41) is 0. The molecule has 0 heterocycles. The van der Waals surface area contributed by atoms with Gasteiger partial charge in [0.25, 0.3) is 6.47 Å². The first kappa shape index (κ1) is 18.5. The zero-order valence-electron chi connectivity index (χ0n) is 16.2. The van der Waals surface area contributed by atoms with E-state index in [0.29, 0.717) is 12.2 Å². The lowest BCUT2D eigenvalue weighted by Crippen LogP contribution is -2.09. The van der Waals surface area contributed by atoms with Crippen LogP contribution in [-0.4, -0.2) is 6.47 Å². The summed E-state index contributed by atoms with van der Waals surface area (Å²) in [7, 11) is 0. The number of ether oxygens (including phenoxy) is 1. The maximum absolute atomic E-state index is 10.5. The largest absolute Gasteiger partial charge is 0.429 e. The van der Waals surface area contributed by atoms with Gasteiger partial charge < -0.3 is 9.64 Å². The Bertz CT molecular complexity index is 1070. The highest BCUT2D eigenvalue weighted by Gasteiger charge is 2.12. The Morgan fingerprint density at radius 1 is 0.621 bits per heavy atom. The van der Waals surface area contributed by atoms with E-state index in [-0.39, 0.29) is 0 Å². The lowest BCUT2D eigenvalue weighted by Gasteiger charge is -2.25. The molecule has 0 aliphatic heterocycles. The van der Waals surface area contributed by atoms with E-state index in [0.717, 1.165) is 28.2 Å². The minimum atomic E-state index is 0.438. The van der Waals surface area contributed by atoms with Crippen molar-refractivity contribution in [3.8, 4) is 16.9 Å². The van der Waals surface area contributed by atoms with Crippen LogP contribution in [0.15, 0.2) is 103 Å². The summed E-state index contributed by atoms with van der Waals surface area (Å²) >= 11 is 0. The van der Waals surface area contributed by atoms with E-state index in [4.69, 9.17) is 4.74 Å². The first-order valence-corrected chi connectivity index (χ1v) is 9.47. The fourth-order valence-corrected chi connectivity index (χ4v) is 3.30. The van der Waals surface area contributed by atoms with Gasteiger partial charge in [0.15, 0.2) is 0 Å². The second-order valence-electron chi connectivity index (χ2n) is 6.79. The van der Waals surface area contributed by atoms with Crippen LogP contribution in [0.1, 0.15) is 5.56 Å². The molecule has 3 heteroatoms. The predicted molar refractivity (Wildman–Crippen MR) is 118 cm³/mol. The van der Waals surface area contributed by atoms with Crippen molar-refractivity contribution < 1.29 is 9.53 Å². The van der Waals surface area contributed by atoms with Crippen molar-refractivity contribution in [3.63, 3.8) is 0 Å². The third-order valence-corrected chi connectivity index (χ3v) is 4.80. The van der Waals surface area contributed by atoms with E-state index < -0.39 is 0 Å². The molecule has 4 aromatic carbocycles. The summed E-state index contributed by atoms with van der Waals surface area (Å²) in [6.45, 7) is 2.53. The van der Waals surface area contributed by atoms with Crippen LogP contribution in [0.25, 0.3) is 11.1 Å². The molecular formula is C26H21NO2. The Kier molecular flexibility index (Phi) is 5.39. The van der Waals surface area contributed by atoms with Gasteiger partial charge in [-0.3, -0.25) is 4.79 Å².